The predicted molar refractivity (Wildman–Crippen MR) is 102 cm³/mol. The molecule has 0 saturated heterocycles. The maximum atomic E-state index is 5.65. The number of benzene rings is 1. The molecule has 1 aliphatic rings. The highest BCUT2D eigenvalue weighted by Gasteiger charge is 2.16. The molecule has 7 heteroatoms. The molecule has 0 aliphatic carbocycles. The van der Waals surface area contributed by atoms with Gasteiger partial charge in [0.05, 0.1) is 6.61 Å². The number of ether oxygens (including phenoxy) is 1. The lowest BCUT2D eigenvalue weighted by Crippen LogP contribution is -2.08. The van der Waals surface area contributed by atoms with Crippen LogP contribution in [0.5, 0.6) is 5.75 Å². The van der Waals surface area contributed by atoms with E-state index in [-0.39, 0.29) is 0 Å². The molecule has 134 valence electrons. The van der Waals surface area contributed by atoms with Crippen molar-refractivity contribution in [2.24, 2.45) is 0 Å². The van der Waals surface area contributed by atoms with Crippen LogP contribution in [-0.2, 0) is 13.0 Å². The van der Waals surface area contributed by atoms with Gasteiger partial charge in [0.1, 0.15) is 12.1 Å². The Morgan fingerprint density at radius 3 is 3.00 bits per heavy atom. The van der Waals surface area contributed by atoms with E-state index < -0.39 is 0 Å². The van der Waals surface area contributed by atoms with Gasteiger partial charge in [0.15, 0.2) is 5.65 Å². The first-order valence-electron chi connectivity index (χ1n) is 8.89. The summed E-state index contributed by atoms with van der Waals surface area (Å²) in [6.07, 6.45) is 6.27. The summed E-state index contributed by atoms with van der Waals surface area (Å²) in [5.74, 6) is 1.69. The number of pyridine rings is 1. The van der Waals surface area contributed by atoms with Crippen molar-refractivity contribution in [2.75, 3.05) is 11.9 Å². The Hall–Kier alpha value is -3.48. The molecule has 0 spiro atoms. The van der Waals surface area contributed by atoms with Gasteiger partial charge < -0.3 is 10.1 Å². The summed E-state index contributed by atoms with van der Waals surface area (Å²) in [5, 5.41) is 11.8. The van der Waals surface area contributed by atoms with E-state index in [1.54, 1.807) is 6.33 Å². The second kappa shape index (κ2) is 6.35. The molecule has 0 saturated carbocycles. The van der Waals surface area contributed by atoms with Crippen molar-refractivity contribution in [3.05, 3.63) is 65.9 Å². The quantitative estimate of drug-likeness (QED) is 0.604. The molecule has 1 aromatic carbocycles. The minimum Gasteiger partial charge on any atom is -0.493 e. The Labute approximate surface area is 156 Å². The molecule has 0 amide bonds. The van der Waals surface area contributed by atoms with Gasteiger partial charge in [0, 0.05) is 47.7 Å². The average molecular weight is 358 g/mol. The zero-order valence-corrected chi connectivity index (χ0v) is 14.9. The van der Waals surface area contributed by atoms with E-state index in [2.05, 4.69) is 31.5 Å². The van der Waals surface area contributed by atoms with Gasteiger partial charge >= 0.3 is 0 Å². The molecular formula is C20H18N6O. The van der Waals surface area contributed by atoms with Crippen molar-refractivity contribution in [3.8, 4) is 16.9 Å². The first-order valence-corrected chi connectivity index (χ1v) is 8.89. The zero-order chi connectivity index (χ0) is 18.2. The fraction of sp³-hybridized carbons (Fsp3) is 0.200. The molecule has 0 atom stereocenters. The van der Waals surface area contributed by atoms with Gasteiger partial charge in [-0.15, -0.1) is 10.2 Å². The highest BCUT2D eigenvalue weighted by Crippen LogP contribution is 2.29. The highest BCUT2D eigenvalue weighted by atomic mass is 16.5. The van der Waals surface area contributed by atoms with Crippen LogP contribution < -0.4 is 10.1 Å². The number of aromatic nitrogens is 5. The maximum absolute atomic E-state index is 5.65. The van der Waals surface area contributed by atoms with Crippen LogP contribution in [0.25, 0.3) is 16.8 Å². The number of hydrogen-bond donors (Lipinski definition) is 1. The van der Waals surface area contributed by atoms with Crippen LogP contribution in [0.3, 0.4) is 0 Å². The molecule has 4 heterocycles. The summed E-state index contributed by atoms with van der Waals surface area (Å²) in [6.45, 7) is 3.38. The summed E-state index contributed by atoms with van der Waals surface area (Å²) in [6, 6.07) is 10.2. The van der Waals surface area contributed by atoms with Crippen molar-refractivity contribution in [1.82, 2.24) is 24.6 Å². The minimum absolute atomic E-state index is 0.665. The molecule has 0 fully saturated rings. The molecule has 0 bridgehead atoms. The van der Waals surface area contributed by atoms with Gasteiger partial charge in [-0.2, -0.15) is 0 Å². The Balaban J connectivity index is 1.47. The first-order chi connectivity index (χ1) is 13.3. The third-order valence-electron chi connectivity index (χ3n) is 4.83. The SMILES string of the molecule is Cc1ccc(-c2cnc(NCc3cccc4c3CCO4)n3cnnc23)cn1. The lowest BCUT2D eigenvalue weighted by atomic mass is 10.1. The van der Waals surface area contributed by atoms with Gasteiger partial charge in [-0.1, -0.05) is 18.2 Å². The van der Waals surface area contributed by atoms with E-state index in [9.17, 15) is 0 Å². The smallest absolute Gasteiger partial charge is 0.210 e. The number of nitrogens with zero attached hydrogens (tertiary/aromatic N) is 5. The van der Waals surface area contributed by atoms with Crippen LogP contribution in [0, 0.1) is 6.92 Å². The third kappa shape index (κ3) is 2.77. The Kier molecular flexibility index (Phi) is 3.71. The molecule has 4 aromatic rings. The molecule has 27 heavy (non-hydrogen) atoms. The van der Waals surface area contributed by atoms with E-state index >= 15 is 0 Å². The van der Waals surface area contributed by atoms with Crippen molar-refractivity contribution in [3.63, 3.8) is 0 Å². The highest BCUT2D eigenvalue weighted by molar-refractivity contribution is 5.77. The zero-order valence-electron chi connectivity index (χ0n) is 14.9. The van der Waals surface area contributed by atoms with Gasteiger partial charge in [0.25, 0.3) is 0 Å². The second-order valence-electron chi connectivity index (χ2n) is 6.55. The molecule has 5 rings (SSSR count). The monoisotopic (exact) mass is 358 g/mol. The molecule has 1 N–H and O–H groups in total. The van der Waals surface area contributed by atoms with Crippen LogP contribution in [-0.4, -0.2) is 31.2 Å². The summed E-state index contributed by atoms with van der Waals surface area (Å²) in [4.78, 5) is 8.96. The number of nitrogens with one attached hydrogen (secondary N) is 1. The Morgan fingerprint density at radius 2 is 2.11 bits per heavy atom. The largest absolute Gasteiger partial charge is 0.493 e. The van der Waals surface area contributed by atoms with Gasteiger partial charge in [-0.3, -0.25) is 9.38 Å². The summed E-state index contributed by atoms with van der Waals surface area (Å²) < 4.78 is 7.52. The van der Waals surface area contributed by atoms with E-state index in [1.165, 1.54) is 11.1 Å². The van der Waals surface area contributed by atoms with Crippen LogP contribution in [0.2, 0.25) is 0 Å². The predicted octanol–water partition coefficient (Wildman–Crippen LogP) is 3.04. The van der Waals surface area contributed by atoms with Crippen LogP contribution >= 0.6 is 0 Å². The number of aryl methyl sites for hydroxylation is 1. The minimum atomic E-state index is 0.665. The number of rotatable bonds is 4. The van der Waals surface area contributed by atoms with Gasteiger partial charge in [0.2, 0.25) is 5.95 Å². The van der Waals surface area contributed by atoms with E-state index in [4.69, 9.17) is 4.74 Å². The van der Waals surface area contributed by atoms with E-state index in [0.717, 1.165) is 41.2 Å². The van der Waals surface area contributed by atoms with Gasteiger partial charge in [-0.05, 0) is 24.6 Å². The maximum Gasteiger partial charge on any atom is 0.210 e. The summed E-state index contributed by atoms with van der Waals surface area (Å²) in [5.41, 5.74) is 6.09. The second-order valence-corrected chi connectivity index (χ2v) is 6.55. The number of anilines is 1. The lowest BCUT2D eigenvalue weighted by Gasteiger charge is -2.11. The Bertz CT molecular complexity index is 1120. The number of fused-ring (bicyclic) bond motifs is 2. The topological polar surface area (TPSA) is 77.2 Å². The summed E-state index contributed by atoms with van der Waals surface area (Å²) >= 11 is 0. The molecule has 1 aliphatic heterocycles. The van der Waals surface area contributed by atoms with E-state index in [0.29, 0.717) is 12.5 Å². The normalized spacial score (nSPS) is 12.8. The molecule has 3 aromatic heterocycles. The third-order valence-corrected chi connectivity index (χ3v) is 4.83. The van der Waals surface area contributed by atoms with Crippen LogP contribution in [0.1, 0.15) is 16.8 Å². The van der Waals surface area contributed by atoms with Crippen molar-refractivity contribution >= 4 is 11.6 Å². The fourth-order valence-corrected chi connectivity index (χ4v) is 3.41. The number of hydrogen-bond acceptors (Lipinski definition) is 6. The lowest BCUT2D eigenvalue weighted by molar-refractivity contribution is 0.357. The van der Waals surface area contributed by atoms with Crippen molar-refractivity contribution in [1.29, 1.82) is 0 Å². The molecular weight excluding hydrogens is 340 g/mol. The molecule has 7 nitrogen and oxygen atoms in total. The average Bonchev–Trinajstić information content (AvgIpc) is 3.36. The van der Waals surface area contributed by atoms with E-state index in [1.807, 2.05) is 48.0 Å². The fourth-order valence-electron chi connectivity index (χ4n) is 3.41. The van der Waals surface area contributed by atoms with Crippen LogP contribution in [0.15, 0.2) is 49.1 Å². The van der Waals surface area contributed by atoms with Crippen molar-refractivity contribution in [2.45, 2.75) is 19.9 Å². The molecule has 0 radical (unpaired) electrons. The summed E-state index contributed by atoms with van der Waals surface area (Å²) in [7, 11) is 0. The van der Waals surface area contributed by atoms with Gasteiger partial charge in [-0.25, -0.2) is 4.98 Å². The standard InChI is InChI=1S/C20H18N6O/c1-13-5-6-15(9-21-13)17-11-23-20(26-12-24-25-19(17)26)22-10-14-3-2-4-18-16(14)7-8-27-18/h2-6,9,11-12H,7-8,10H2,1H3,(H,22,23). The Morgan fingerprint density at radius 1 is 1.15 bits per heavy atom. The van der Waals surface area contributed by atoms with Crippen LogP contribution in [0.4, 0.5) is 5.95 Å². The first kappa shape index (κ1) is 15.7. The van der Waals surface area contributed by atoms with Crippen molar-refractivity contribution < 1.29 is 4.74 Å². The molecule has 0 unspecified atom stereocenters.